The molecule has 0 unspecified atom stereocenters. The molecule has 1 heterocycles. The molecule has 4 nitrogen and oxygen atoms in total. The molecule has 0 radical (unpaired) electrons. The second-order valence-electron chi connectivity index (χ2n) is 3.77. The summed E-state index contributed by atoms with van der Waals surface area (Å²) in [4.78, 5) is 0. The van der Waals surface area contributed by atoms with Crippen LogP contribution < -0.4 is 0 Å². The lowest BCUT2D eigenvalue weighted by atomic mass is 10.2. The Labute approximate surface area is 107 Å². The number of thiophene rings is 1. The Kier molecular flexibility index (Phi) is 6.11. The zero-order valence-electron chi connectivity index (χ0n) is 10.0. The topological polar surface area (TPSA) is 57.6 Å². The first-order valence-corrected chi connectivity index (χ1v) is 8.09. The largest absolute Gasteiger partial charge is 0.395 e. The Morgan fingerprint density at radius 1 is 1.35 bits per heavy atom. The smallest absolute Gasteiger partial charge is 0.252 e. The van der Waals surface area contributed by atoms with Crippen LogP contribution in [0.15, 0.2) is 21.7 Å². The summed E-state index contributed by atoms with van der Waals surface area (Å²) in [6.45, 7) is 2.58. The minimum absolute atomic E-state index is 0.142. The molecule has 98 valence electrons. The quantitative estimate of drug-likeness (QED) is 0.739. The van der Waals surface area contributed by atoms with Crippen LogP contribution in [0.5, 0.6) is 0 Å². The van der Waals surface area contributed by atoms with Crippen molar-refractivity contribution in [1.82, 2.24) is 4.31 Å². The monoisotopic (exact) mass is 277 g/mol. The summed E-state index contributed by atoms with van der Waals surface area (Å²) in [7, 11) is -3.41. The molecule has 0 fully saturated rings. The van der Waals surface area contributed by atoms with Gasteiger partial charge in [0.05, 0.1) is 6.61 Å². The number of aliphatic hydroxyl groups is 1. The maximum absolute atomic E-state index is 12.2. The van der Waals surface area contributed by atoms with E-state index < -0.39 is 10.0 Å². The van der Waals surface area contributed by atoms with E-state index in [0.717, 1.165) is 19.3 Å². The van der Waals surface area contributed by atoms with Gasteiger partial charge in [0.25, 0.3) is 10.0 Å². The summed E-state index contributed by atoms with van der Waals surface area (Å²) in [5.74, 6) is 0. The van der Waals surface area contributed by atoms with Gasteiger partial charge in [0.1, 0.15) is 4.21 Å². The van der Waals surface area contributed by atoms with E-state index in [9.17, 15) is 8.42 Å². The second kappa shape index (κ2) is 7.10. The molecule has 0 saturated heterocycles. The highest BCUT2D eigenvalue weighted by molar-refractivity contribution is 7.91. The van der Waals surface area contributed by atoms with Gasteiger partial charge in [-0.15, -0.1) is 11.3 Å². The summed E-state index contributed by atoms with van der Waals surface area (Å²) in [6, 6.07) is 3.32. The van der Waals surface area contributed by atoms with Gasteiger partial charge < -0.3 is 5.11 Å². The first-order chi connectivity index (χ1) is 8.12. The van der Waals surface area contributed by atoms with Crippen molar-refractivity contribution in [3.8, 4) is 0 Å². The fourth-order valence-corrected chi connectivity index (χ4v) is 4.15. The molecule has 1 aromatic heterocycles. The Balaban J connectivity index is 2.75. The van der Waals surface area contributed by atoms with Gasteiger partial charge in [0.15, 0.2) is 0 Å². The van der Waals surface area contributed by atoms with Gasteiger partial charge in [-0.3, -0.25) is 0 Å². The molecular formula is C11H19NO3S2. The molecule has 1 rings (SSSR count). The van der Waals surface area contributed by atoms with Crippen LogP contribution in [0.25, 0.3) is 0 Å². The van der Waals surface area contributed by atoms with Crippen molar-refractivity contribution >= 4 is 21.4 Å². The molecule has 0 bridgehead atoms. The summed E-state index contributed by atoms with van der Waals surface area (Å²) >= 11 is 1.21. The van der Waals surface area contributed by atoms with Crippen LogP contribution in [0.1, 0.15) is 26.2 Å². The van der Waals surface area contributed by atoms with E-state index in [-0.39, 0.29) is 13.2 Å². The summed E-state index contributed by atoms with van der Waals surface area (Å²) in [5, 5.41) is 10.7. The number of aliphatic hydroxyl groups excluding tert-OH is 1. The van der Waals surface area contributed by atoms with E-state index in [1.54, 1.807) is 17.5 Å². The van der Waals surface area contributed by atoms with Crippen molar-refractivity contribution in [3.05, 3.63) is 17.5 Å². The number of rotatable bonds is 8. The maximum atomic E-state index is 12.2. The number of nitrogens with zero attached hydrogens (tertiary/aromatic N) is 1. The van der Waals surface area contributed by atoms with Gasteiger partial charge in [0.2, 0.25) is 0 Å². The number of sulfonamides is 1. The fraction of sp³-hybridized carbons (Fsp3) is 0.636. The van der Waals surface area contributed by atoms with Gasteiger partial charge in [-0.1, -0.05) is 25.8 Å². The van der Waals surface area contributed by atoms with Gasteiger partial charge in [-0.25, -0.2) is 8.42 Å². The molecule has 6 heteroatoms. The van der Waals surface area contributed by atoms with Gasteiger partial charge in [-0.2, -0.15) is 4.31 Å². The third kappa shape index (κ3) is 4.06. The second-order valence-corrected chi connectivity index (χ2v) is 6.88. The Morgan fingerprint density at radius 2 is 2.12 bits per heavy atom. The van der Waals surface area contributed by atoms with Crippen LogP contribution in [0.4, 0.5) is 0 Å². The molecule has 0 aliphatic heterocycles. The first kappa shape index (κ1) is 14.6. The standard InChI is InChI=1S/C11H19NO3S2/c1-2-3-4-7-12(8-9-13)17(14,15)11-6-5-10-16-11/h5-6,10,13H,2-4,7-9H2,1H3. The molecule has 0 amide bonds. The van der Waals surface area contributed by atoms with Gasteiger partial charge in [0, 0.05) is 13.1 Å². The van der Waals surface area contributed by atoms with Crippen LogP contribution in [-0.2, 0) is 10.0 Å². The molecule has 0 aliphatic rings. The van der Waals surface area contributed by atoms with E-state index in [0.29, 0.717) is 10.8 Å². The van der Waals surface area contributed by atoms with E-state index >= 15 is 0 Å². The van der Waals surface area contributed by atoms with Gasteiger partial charge >= 0.3 is 0 Å². The summed E-state index contributed by atoms with van der Waals surface area (Å²) in [5.41, 5.74) is 0. The predicted molar refractivity (Wildman–Crippen MR) is 69.7 cm³/mol. The third-order valence-electron chi connectivity index (χ3n) is 2.45. The summed E-state index contributed by atoms with van der Waals surface area (Å²) < 4.78 is 26.1. The highest BCUT2D eigenvalue weighted by Gasteiger charge is 2.24. The van der Waals surface area contributed by atoms with E-state index in [1.807, 2.05) is 0 Å². The van der Waals surface area contributed by atoms with Crippen LogP contribution in [0, 0.1) is 0 Å². The molecule has 0 aliphatic carbocycles. The lowest BCUT2D eigenvalue weighted by Gasteiger charge is -2.20. The van der Waals surface area contributed by atoms with Crippen molar-refractivity contribution in [2.75, 3.05) is 19.7 Å². The van der Waals surface area contributed by atoms with E-state index in [4.69, 9.17) is 5.11 Å². The highest BCUT2D eigenvalue weighted by atomic mass is 32.2. The zero-order chi connectivity index (χ0) is 12.7. The molecule has 1 aromatic rings. The minimum Gasteiger partial charge on any atom is -0.395 e. The molecule has 0 saturated carbocycles. The van der Waals surface area contributed by atoms with Crippen molar-refractivity contribution < 1.29 is 13.5 Å². The highest BCUT2D eigenvalue weighted by Crippen LogP contribution is 2.21. The Hall–Kier alpha value is -0.430. The van der Waals surface area contributed by atoms with Crippen LogP contribution in [0.2, 0.25) is 0 Å². The maximum Gasteiger partial charge on any atom is 0.252 e. The molecule has 0 atom stereocenters. The molecule has 0 spiro atoms. The average Bonchev–Trinajstić information content (AvgIpc) is 2.82. The Bertz CT molecular complexity index is 400. The lowest BCUT2D eigenvalue weighted by molar-refractivity contribution is 0.252. The Morgan fingerprint density at radius 3 is 2.65 bits per heavy atom. The van der Waals surface area contributed by atoms with E-state index in [2.05, 4.69) is 6.92 Å². The van der Waals surface area contributed by atoms with Crippen LogP contribution in [-0.4, -0.2) is 37.5 Å². The van der Waals surface area contributed by atoms with Crippen molar-refractivity contribution in [2.45, 2.75) is 30.4 Å². The zero-order valence-corrected chi connectivity index (χ0v) is 11.6. The lowest BCUT2D eigenvalue weighted by Crippen LogP contribution is -2.34. The minimum atomic E-state index is -3.41. The molecular weight excluding hydrogens is 258 g/mol. The van der Waals surface area contributed by atoms with Crippen LogP contribution >= 0.6 is 11.3 Å². The molecule has 17 heavy (non-hydrogen) atoms. The van der Waals surface area contributed by atoms with Gasteiger partial charge in [-0.05, 0) is 17.9 Å². The van der Waals surface area contributed by atoms with Crippen LogP contribution in [0.3, 0.4) is 0 Å². The van der Waals surface area contributed by atoms with Crippen molar-refractivity contribution in [1.29, 1.82) is 0 Å². The van der Waals surface area contributed by atoms with Crippen molar-refractivity contribution in [2.24, 2.45) is 0 Å². The fourth-order valence-electron chi connectivity index (χ4n) is 1.54. The molecule has 1 N–H and O–H groups in total. The van der Waals surface area contributed by atoms with E-state index in [1.165, 1.54) is 15.6 Å². The number of hydrogen-bond donors (Lipinski definition) is 1. The predicted octanol–water partition coefficient (Wildman–Crippen LogP) is 1.92. The third-order valence-corrected chi connectivity index (χ3v) is 5.72. The number of hydrogen-bond acceptors (Lipinski definition) is 4. The molecule has 0 aromatic carbocycles. The SMILES string of the molecule is CCCCCN(CCO)S(=O)(=O)c1cccs1. The number of unbranched alkanes of at least 4 members (excludes halogenated alkanes) is 2. The average molecular weight is 277 g/mol. The van der Waals surface area contributed by atoms with Crippen molar-refractivity contribution in [3.63, 3.8) is 0 Å². The normalized spacial score (nSPS) is 12.2. The summed E-state index contributed by atoms with van der Waals surface area (Å²) in [6.07, 6.45) is 2.88. The first-order valence-electron chi connectivity index (χ1n) is 5.77.